The van der Waals surface area contributed by atoms with Gasteiger partial charge in [0.25, 0.3) is 0 Å². The van der Waals surface area contributed by atoms with Crippen molar-refractivity contribution in [2.24, 2.45) is 0 Å². The SMILES string of the molecule is COc1cc(-c2cc(C(=O)O)no2)ccc1OC1CSC1. The molecule has 0 aliphatic carbocycles. The third-order valence-electron chi connectivity index (χ3n) is 3.08. The lowest BCUT2D eigenvalue weighted by molar-refractivity contribution is 0.0686. The number of thioether (sulfide) groups is 1. The van der Waals surface area contributed by atoms with Crippen LogP contribution in [0.4, 0.5) is 0 Å². The lowest BCUT2D eigenvalue weighted by atomic mass is 10.1. The molecule has 0 saturated carbocycles. The number of rotatable bonds is 5. The molecule has 21 heavy (non-hydrogen) atoms. The quantitative estimate of drug-likeness (QED) is 0.909. The first-order valence-corrected chi connectivity index (χ1v) is 7.45. The number of carbonyl (C=O) groups is 1. The van der Waals surface area contributed by atoms with Crippen molar-refractivity contribution in [2.45, 2.75) is 6.10 Å². The first-order valence-electron chi connectivity index (χ1n) is 6.30. The van der Waals surface area contributed by atoms with E-state index in [9.17, 15) is 4.79 Å². The normalized spacial score (nSPS) is 14.5. The van der Waals surface area contributed by atoms with E-state index in [4.69, 9.17) is 19.1 Å². The summed E-state index contributed by atoms with van der Waals surface area (Å²) in [7, 11) is 1.56. The minimum Gasteiger partial charge on any atom is -0.493 e. The monoisotopic (exact) mass is 307 g/mol. The molecule has 0 atom stereocenters. The van der Waals surface area contributed by atoms with Gasteiger partial charge in [0.05, 0.1) is 7.11 Å². The number of hydrogen-bond donors (Lipinski definition) is 1. The van der Waals surface area contributed by atoms with E-state index in [0.717, 1.165) is 11.5 Å². The number of ether oxygens (including phenoxy) is 2. The molecule has 1 fully saturated rings. The summed E-state index contributed by atoms with van der Waals surface area (Å²) in [6.45, 7) is 0. The third-order valence-corrected chi connectivity index (χ3v) is 4.29. The Kier molecular flexibility index (Phi) is 3.74. The second-order valence-electron chi connectivity index (χ2n) is 4.52. The van der Waals surface area contributed by atoms with Crippen LogP contribution in [0.25, 0.3) is 11.3 Å². The molecule has 1 aromatic carbocycles. The fourth-order valence-corrected chi connectivity index (χ4v) is 2.46. The van der Waals surface area contributed by atoms with E-state index in [1.807, 2.05) is 11.8 Å². The van der Waals surface area contributed by atoms with Crippen LogP contribution in [0.2, 0.25) is 0 Å². The number of nitrogens with zero attached hydrogens (tertiary/aromatic N) is 1. The summed E-state index contributed by atoms with van der Waals surface area (Å²) in [5, 5.41) is 12.3. The number of aromatic carboxylic acids is 1. The number of carboxylic acid groups (broad SMARTS) is 1. The topological polar surface area (TPSA) is 81.8 Å². The number of hydrogen-bond acceptors (Lipinski definition) is 6. The van der Waals surface area contributed by atoms with Crippen LogP contribution in [0.3, 0.4) is 0 Å². The first-order chi connectivity index (χ1) is 10.2. The average molecular weight is 307 g/mol. The van der Waals surface area contributed by atoms with Gasteiger partial charge in [-0.2, -0.15) is 11.8 Å². The van der Waals surface area contributed by atoms with Crippen LogP contribution < -0.4 is 9.47 Å². The molecule has 1 aliphatic heterocycles. The summed E-state index contributed by atoms with van der Waals surface area (Å²) in [6.07, 6.45) is 0.221. The standard InChI is InChI=1S/C14H13NO5S/c1-18-13-4-8(12-5-10(14(16)17)15-20-12)2-3-11(13)19-9-6-21-7-9/h2-5,9H,6-7H2,1H3,(H,16,17). The van der Waals surface area contributed by atoms with Gasteiger partial charge in [0.15, 0.2) is 23.0 Å². The van der Waals surface area contributed by atoms with E-state index >= 15 is 0 Å². The molecule has 0 unspecified atom stereocenters. The van der Waals surface area contributed by atoms with Gasteiger partial charge < -0.3 is 19.1 Å². The largest absolute Gasteiger partial charge is 0.493 e. The molecule has 7 heteroatoms. The highest BCUT2D eigenvalue weighted by Crippen LogP contribution is 2.35. The zero-order valence-corrected chi connectivity index (χ0v) is 12.1. The van der Waals surface area contributed by atoms with Crippen molar-refractivity contribution < 1.29 is 23.9 Å². The minimum absolute atomic E-state index is 0.129. The molecule has 0 radical (unpaired) electrons. The molecule has 6 nitrogen and oxygen atoms in total. The van der Waals surface area contributed by atoms with Crippen molar-refractivity contribution in [2.75, 3.05) is 18.6 Å². The summed E-state index contributed by atoms with van der Waals surface area (Å²) in [5.74, 6) is 2.46. The molecule has 2 heterocycles. The van der Waals surface area contributed by atoms with Crippen LogP contribution in [0.5, 0.6) is 11.5 Å². The molecule has 110 valence electrons. The highest BCUT2D eigenvalue weighted by molar-refractivity contribution is 8.00. The summed E-state index contributed by atoms with van der Waals surface area (Å²) in [6, 6.07) is 6.70. The number of carboxylic acids is 1. The second-order valence-corrected chi connectivity index (χ2v) is 5.60. The summed E-state index contributed by atoms with van der Waals surface area (Å²) >= 11 is 1.84. The Labute approximate surface area is 125 Å². The van der Waals surface area contributed by atoms with Crippen molar-refractivity contribution in [3.8, 4) is 22.8 Å². The Morgan fingerprint density at radius 2 is 2.19 bits per heavy atom. The molecular formula is C14H13NO5S. The smallest absolute Gasteiger partial charge is 0.358 e. The second kappa shape index (κ2) is 5.69. The Bertz CT molecular complexity index is 665. The lowest BCUT2D eigenvalue weighted by Crippen LogP contribution is -2.31. The van der Waals surface area contributed by atoms with Crippen molar-refractivity contribution in [1.82, 2.24) is 5.16 Å². The third kappa shape index (κ3) is 2.82. The maximum atomic E-state index is 10.8. The molecule has 2 aromatic rings. The molecule has 0 amide bonds. The average Bonchev–Trinajstić information content (AvgIpc) is 2.92. The van der Waals surface area contributed by atoms with Gasteiger partial charge in [-0.25, -0.2) is 4.79 Å². The Hall–Kier alpha value is -2.15. The van der Waals surface area contributed by atoms with Gasteiger partial charge in [-0.1, -0.05) is 5.16 Å². The van der Waals surface area contributed by atoms with Crippen LogP contribution in [0.1, 0.15) is 10.5 Å². The molecule has 1 aliphatic rings. The Balaban J connectivity index is 1.86. The Morgan fingerprint density at radius 1 is 1.38 bits per heavy atom. The van der Waals surface area contributed by atoms with E-state index in [1.54, 1.807) is 25.3 Å². The molecule has 1 N–H and O–H groups in total. The highest BCUT2D eigenvalue weighted by Gasteiger charge is 2.22. The number of methoxy groups -OCH3 is 1. The van der Waals surface area contributed by atoms with Crippen molar-refractivity contribution >= 4 is 17.7 Å². The Morgan fingerprint density at radius 3 is 2.76 bits per heavy atom. The van der Waals surface area contributed by atoms with E-state index < -0.39 is 5.97 Å². The lowest BCUT2D eigenvalue weighted by Gasteiger charge is -2.26. The van der Waals surface area contributed by atoms with E-state index in [0.29, 0.717) is 22.8 Å². The molecule has 0 spiro atoms. The zero-order chi connectivity index (χ0) is 14.8. The molecule has 3 rings (SSSR count). The van der Waals surface area contributed by atoms with E-state index in [2.05, 4.69) is 5.16 Å². The van der Waals surface area contributed by atoms with Gasteiger partial charge in [0.2, 0.25) is 0 Å². The fraction of sp³-hybridized carbons (Fsp3) is 0.286. The van der Waals surface area contributed by atoms with Gasteiger partial charge in [-0.3, -0.25) is 0 Å². The predicted molar refractivity (Wildman–Crippen MR) is 77.2 cm³/mol. The maximum absolute atomic E-state index is 10.8. The summed E-state index contributed by atoms with van der Waals surface area (Å²) in [4.78, 5) is 10.8. The molecule has 1 saturated heterocycles. The number of aromatic nitrogens is 1. The van der Waals surface area contributed by atoms with Crippen molar-refractivity contribution in [1.29, 1.82) is 0 Å². The van der Waals surface area contributed by atoms with Crippen LogP contribution >= 0.6 is 11.8 Å². The van der Waals surface area contributed by atoms with Crippen molar-refractivity contribution in [3.63, 3.8) is 0 Å². The van der Waals surface area contributed by atoms with Crippen LogP contribution in [-0.2, 0) is 0 Å². The van der Waals surface area contributed by atoms with Gasteiger partial charge >= 0.3 is 5.97 Å². The van der Waals surface area contributed by atoms with Gasteiger partial charge in [0.1, 0.15) is 6.10 Å². The molecule has 0 bridgehead atoms. The summed E-state index contributed by atoms with van der Waals surface area (Å²) < 4.78 is 16.2. The molecule has 1 aromatic heterocycles. The predicted octanol–water partition coefficient (Wildman–Crippen LogP) is 2.54. The summed E-state index contributed by atoms with van der Waals surface area (Å²) in [5.41, 5.74) is 0.554. The highest BCUT2D eigenvalue weighted by atomic mass is 32.2. The molecular weight excluding hydrogens is 294 g/mol. The van der Waals surface area contributed by atoms with Gasteiger partial charge in [-0.15, -0.1) is 0 Å². The van der Waals surface area contributed by atoms with Crippen LogP contribution in [-0.4, -0.2) is 41.0 Å². The number of benzene rings is 1. The van der Waals surface area contributed by atoms with E-state index in [1.165, 1.54) is 6.07 Å². The van der Waals surface area contributed by atoms with Crippen LogP contribution in [0, 0.1) is 0 Å². The maximum Gasteiger partial charge on any atom is 0.358 e. The van der Waals surface area contributed by atoms with Gasteiger partial charge in [-0.05, 0) is 18.2 Å². The first kappa shape index (κ1) is 13.8. The van der Waals surface area contributed by atoms with Gasteiger partial charge in [0, 0.05) is 23.1 Å². The zero-order valence-electron chi connectivity index (χ0n) is 11.2. The van der Waals surface area contributed by atoms with E-state index in [-0.39, 0.29) is 11.8 Å². The minimum atomic E-state index is -1.13. The fourth-order valence-electron chi connectivity index (χ4n) is 1.89. The van der Waals surface area contributed by atoms with Crippen LogP contribution in [0.15, 0.2) is 28.8 Å². The van der Waals surface area contributed by atoms with Crippen molar-refractivity contribution in [3.05, 3.63) is 30.0 Å².